The molecule has 2 aromatic heterocycles. The molecule has 1 aliphatic carbocycles. The Hall–Kier alpha value is -3.02. The fourth-order valence-corrected chi connectivity index (χ4v) is 3.50. The molecule has 4 rings (SSSR count). The molecular formula is C21H21FN4O. The molecule has 1 N–H and O–H groups in total. The standard InChI is InChI=1S/C21H21FN4O/c22-16-8-10-18(11-9-16)26-20(15-5-4-12-23-14-15)13-19(25-26)21(27)24-17-6-2-1-3-7-17/h4-5,8-14,17H,1-3,6-7H2,(H,24,27). The lowest BCUT2D eigenvalue weighted by atomic mass is 9.95. The van der Waals surface area contributed by atoms with Crippen LogP contribution in [0.1, 0.15) is 42.6 Å². The molecule has 0 unspecified atom stereocenters. The first kappa shape index (κ1) is 17.4. The molecular weight excluding hydrogens is 343 g/mol. The van der Waals surface area contributed by atoms with Crippen molar-refractivity contribution in [2.45, 2.75) is 38.1 Å². The van der Waals surface area contributed by atoms with Gasteiger partial charge in [-0.05, 0) is 55.3 Å². The first-order valence-electron chi connectivity index (χ1n) is 9.28. The zero-order valence-corrected chi connectivity index (χ0v) is 14.9. The summed E-state index contributed by atoms with van der Waals surface area (Å²) in [6.45, 7) is 0. The van der Waals surface area contributed by atoms with Crippen LogP contribution < -0.4 is 5.32 Å². The molecule has 6 heteroatoms. The first-order chi connectivity index (χ1) is 13.2. The predicted octanol–water partition coefficient (Wildman–Crippen LogP) is 4.14. The van der Waals surface area contributed by atoms with Crippen LogP contribution in [0.4, 0.5) is 4.39 Å². The van der Waals surface area contributed by atoms with Gasteiger partial charge in [-0.15, -0.1) is 0 Å². The molecule has 1 aromatic carbocycles. The molecule has 2 heterocycles. The number of amides is 1. The summed E-state index contributed by atoms with van der Waals surface area (Å²) in [6.07, 6.45) is 8.97. The Morgan fingerprint density at radius 1 is 1.11 bits per heavy atom. The predicted molar refractivity (Wildman–Crippen MR) is 101 cm³/mol. The summed E-state index contributed by atoms with van der Waals surface area (Å²) in [5.41, 5.74) is 2.62. The number of carbonyl (C=O) groups excluding carboxylic acids is 1. The van der Waals surface area contributed by atoms with Crippen molar-refractivity contribution in [3.05, 3.63) is 66.4 Å². The lowest BCUT2D eigenvalue weighted by Gasteiger charge is -2.22. The fourth-order valence-electron chi connectivity index (χ4n) is 3.50. The number of hydrogen-bond donors (Lipinski definition) is 1. The van der Waals surface area contributed by atoms with E-state index in [1.54, 1.807) is 35.3 Å². The van der Waals surface area contributed by atoms with Crippen LogP contribution in [-0.2, 0) is 0 Å². The minimum absolute atomic E-state index is 0.173. The SMILES string of the molecule is O=C(NC1CCCCC1)c1cc(-c2cccnc2)n(-c2ccc(F)cc2)n1. The summed E-state index contributed by atoms with van der Waals surface area (Å²) in [7, 11) is 0. The highest BCUT2D eigenvalue weighted by Gasteiger charge is 2.21. The average molecular weight is 364 g/mol. The van der Waals surface area contributed by atoms with E-state index in [-0.39, 0.29) is 17.8 Å². The Kier molecular flexibility index (Phi) is 4.96. The van der Waals surface area contributed by atoms with Gasteiger partial charge in [0.1, 0.15) is 5.82 Å². The zero-order chi connectivity index (χ0) is 18.6. The van der Waals surface area contributed by atoms with E-state index in [4.69, 9.17) is 0 Å². The summed E-state index contributed by atoms with van der Waals surface area (Å²) >= 11 is 0. The monoisotopic (exact) mass is 364 g/mol. The van der Waals surface area contributed by atoms with Crippen LogP contribution in [0.5, 0.6) is 0 Å². The van der Waals surface area contributed by atoms with Crippen molar-refractivity contribution in [1.82, 2.24) is 20.1 Å². The number of rotatable bonds is 4. The molecule has 0 spiro atoms. The van der Waals surface area contributed by atoms with Crippen molar-refractivity contribution < 1.29 is 9.18 Å². The van der Waals surface area contributed by atoms with Gasteiger partial charge in [-0.1, -0.05) is 19.3 Å². The third-order valence-electron chi connectivity index (χ3n) is 4.91. The van der Waals surface area contributed by atoms with Crippen LogP contribution in [-0.4, -0.2) is 26.7 Å². The molecule has 1 aliphatic rings. The summed E-state index contributed by atoms with van der Waals surface area (Å²) in [5, 5.41) is 7.60. The van der Waals surface area contributed by atoms with E-state index in [1.165, 1.54) is 18.6 Å². The molecule has 0 aliphatic heterocycles. The molecule has 0 saturated heterocycles. The minimum Gasteiger partial charge on any atom is -0.348 e. The number of hydrogen-bond acceptors (Lipinski definition) is 3. The molecule has 1 saturated carbocycles. The maximum Gasteiger partial charge on any atom is 0.272 e. The number of nitrogens with zero attached hydrogens (tertiary/aromatic N) is 3. The Bertz CT molecular complexity index is 915. The molecule has 5 nitrogen and oxygen atoms in total. The van der Waals surface area contributed by atoms with Crippen molar-refractivity contribution in [2.75, 3.05) is 0 Å². The maximum absolute atomic E-state index is 13.3. The van der Waals surface area contributed by atoms with Gasteiger partial charge >= 0.3 is 0 Å². The lowest BCUT2D eigenvalue weighted by molar-refractivity contribution is 0.0922. The van der Waals surface area contributed by atoms with Crippen LogP contribution >= 0.6 is 0 Å². The van der Waals surface area contributed by atoms with Gasteiger partial charge < -0.3 is 5.32 Å². The summed E-state index contributed by atoms with van der Waals surface area (Å²) in [4.78, 5) is 16.9. The van der Waals surface area contributed by atoms with Gasteiger partial charge in [-0.25, -0.2) is 9.07 Å². The minimum atomic E-state index is -0.316. The molecule has 0 radical (unpaired) electrons. The van der Waals surface area contributed by atoms with E-state index >= 15 is 0 Å². The summed E-state index contributed by atoms with van der Waals surface area (Å²) in [5.74, 6) is -0.489. The van der Waals surface area contributed by atoms with Gasteiger partial charge in [-0.2, -0.15) is 5.10 Å². The second-order valence-corrected chi connectivity index (χ2v) is 6.85. The van der Waals surface area contributed by atoms with Gasteiger partial charge in [0.2, 0.25) is 0 Å². The van der Waals surface area contributed by atoms with E-state index in [1.807, 2.05) is 12.1 Å². The lowest BCUT2D eigenvalue weighted by Crippen LogP contribution is -2.36. The third kappa shape index (κ3) is 3.89. The highest BCUT2D eigenvalue weighted by molar-refractivity contribution is 5.93. The van der Waals surface area contributed by atoms with Crippen LogP contribution in [0.3, 0.4) is 0 Å². The number of carbonyl (C=O) groups is 1. The van der Waals surface area contributed by atoms with Crippen molar-refractivity contribution in [3.63, 3.8) is 0 Å². The van der Waals surface area contributed by atoms with Crippen LogP contribution in [0.25, 0.3) is 16.9 Å². The Morgan fingerprint density at radius 3 is 2.59 bits per heavy atom. The number of aromatic nitrogens is 3. The van der Waals surface area contributed by atoms with Crippen LogP contribution in [0.2, 0.25) is 0 Å². The maximum atomic E-state index is 13.3. The fraction of sp³-hybridized carbons (Fsp3) is 0.286. The zero-order valence-electron chi connectivity index (χ0n) is 14.9. The van der Waals surface area contributed by atoms with E-state index in [9.17, 15) is 9.18 Å². The molecule has 0 bridgehead atoms. The van der Waals surface area contributed by atoms with Crippen molar-refractivity contribution in [2.24, 2.45) is 0 Å². The van der Waals surface area contributed by atoms with Gasteiger partial charge in [0.25, 0.3) is 5.91 Å². The first-order valence-corrected chi connectivity index (χ1v) is 9.28. The van der Waals surface area contributed by atoms with Crippen molar-refractivity contribution in [1.29, 1.82) is 0 Å². The second-order valence-electron chi connectivity index (χ2n) is 6.85. The van der Waals surface area contributed by atoms with Crippen molar-refractivity contribution >= 4 is 5.91 Å². The summed E-state index contributed by atoms with van der Waals surface area (Å²) in [6, 6.07) is 11.8. The third-order valence-corrected chi connectivity index (χ3v) is 4.91. The highest BCUT2D eigenvalue weighted by Crippen LogP contribution is 2.24. The van der Waals surface area contributed by atoms with Gasteiger partial charge in [0.05, 0.1) is 11.4 Å². The highest BCUT2D eigenvalue weighted by atomic mass is 19.1. The number of nitrogens with one attached hydrogen (secondary N) is 1. The molecule has 1 amide bonds. The van der Waals surface area contributed by atoms with Gasteiger partial charge in [0, 0.05) is 24.0 Å². The van der Waals surface area contributed by atoms with Gasteiger partial charge in [0.15, 0.2) is 5.69 Å². The van der Waals surface area contributed by atoms with E-state index in [0.717, 1.165) is 36.9 Å². The molecule has 3 aromatic rings. The van der Waals surface area contributed by atoms with E-state index < -0.39 is 0 Å². The van der Waals surface area contributed by atoms with Crippen LogP contribution in [0, 0.1) is 5.82 Å². The normalized spacial score (nSPS) is 14.9. The quantitative estimate of drug-likeness (QED) is 0.757. The topological polar surface area (TPSA) is 59.8 Å². The van der Waals surface area contributed by atoms with Crippen molar-refractivity contribution in [3.8, 4) is 16.9 Å². The van der Waals surface area contributed by atoms with Gasteiger partial charge in [-0.3, -0.25) is 9.78 Å². The molecule has 1 fully saturated rings. The number of pyridine rings is 1. The number of benzene rings is 1. The average Bonchev–Trinajstić information content (AvgIpc) is 3.16. The Balaban J connectivity index is 1.69. The Morgan fingerprint density at radius 2 is 1.89 bits per heavy atom. The largest absolute Gasteiger partial charge is 0.348 e. The second kappa shape index (κ2) is 7.70. The van der Waals surface area contributed by atoms with Crippen LogP contribution in [0.15, 0.2) is 54.9 Å². The van der Waals surface area contributed by atoms with E-state index in [0.29, 0.717) is 11.4 Å². The smallest absolute Gasteiger partial charge is 0.272 e. The van der Waals surface area contributed by atoms with E-state index in [2.05, 4.69) is 15.4 Å². The summed E-state index contributed by atoms with van der Waals surface area (Å²) < 4.78 is 15.0. The number of halogens is 1. The molecule has 138 valence electrons. The Labute approximate surface area is 157 Å². The molecule has 27 heavy (non-hydrogen) atoms. The molecule has 0 atom stereocenters.